The van der Waals surface area contributed by atoms with Gasteiger partial charge < -0.3 is 19.5 Å². The number of fused-ring (bicyclic) bond motifs is 1. The highest BCUT2D eigenvalue weighted by molar-refractivity contribution is 5.91. The summed E-state index contributed by atoms with van der Waals surface area (Å²) in [6.45, 7) is 1.47. The molecular weight excluding hydrogens is 274 g/mol. The van der Waals surface area contributed by atoms with Crippen LogP contribution >= 0.6 is 0 Å². The fraction of sp³-hybridized carbons (Fsp3) is 0.692. The van der Waals surface area contributed by atoms with Gasteiger partial charge in [-0.25, -0.2) is 4.79 Å². The minimum Gasteiger partial charge on any atom is -0.446 e. The highest BCUT2D eigenvalue weighted by Crippen LogP contribution is 2.20. The van der Waals surface area contributed by atoms with Crippen molar-refractivity contribution in [3.8, 4) is 0 Å². The van der Waals surface area contributed by atoms with Gasteiger partial charge in [0.15, 0.2) is 5.82 Å². The zero-order chi connectivity index (χ0) is 14.8. The van der Waals surface area contributed by atoms with Crippen LogP contribution < -0.4 is 5.32 Å². The summed E-state index contributed by atoms with van der Waals surface area (Å²) in [6.07, 6.45) is 3.71. The van der Waals surface area contributed by atoms with Gasteiger partial charge >= 0.3 is 6.09 Å². The van der Waals surface area contributed by atoms with Gasteiger partial charge in [0.25, 0.3) is 5.91 Å². The van der Waals surface area contributed by atoms with Crippen molar-refractivity contribution in [1.82, 2.24) is 25.0 Å². The van der Waals surface area contributed by atoms with Gasteiger partial charge in [0.05, 0.1) is 6.54 Å². The number of nitrogens with one attached hydrogen (secondary N) is 1. The molecule has 2 aliphatic rings. The number of rotatable bonds is 3. The Balaban J connectivity index is 1.57. The van der Waals surface area contributed by atoms with E-state index in [0.29, 0.717) is 24.7 Å². The lowest BCUT2D eigenvalue weighted by molar-refractivity contribution is 0.0740. The molecule has 8 nitrogen and oxygen atoms in total. The molecule has 21 heavy (non-hydrogen) atoms. The Bertz CT molecular complexity index is 550. The van der Waals surface area contributed by atoms with Crippen LogP contribution in [0.3, 0.4) is 0 Å². The van der Waals surface area contributed by atoms with Crippen LogP contribution in [0.1, 0.15) is 42.1 Å². The highest BCUT2D eigenvalue weighted by Gasteiger charge is 2.26. The minimum absolute atomic E-state index is 0.0348. The first-order valence-electron chi connectivity index (χ1n) is 7.27. The number of amides is 2. The summed E-state index contributed by atoms with van der Waals surface area (Å²) < 4.78 is 7.06. The molecule has 114 valence electrons. The van der Waals surface area contributed by atoms with E-state index in [1.54, 1.807) is 16.5 Å². The predicted octanol–water partition coefficient (Wildman–Crippen LogP) is 0.532. The maximum atomic E-state index is 11.9. The van der Waals surface area contributed by atoms with Crippen molar-refractivity contribution in [2.24, 2.45) is 0 Å². The summed E-state index contributed by atoms with van der Waals surface area (Å²) in [4.78, 5) is 25.2. The number of hydrogen-bond donors (Lipinski definition) is 1. The monoisotopic (exact) mass is 293 g/mol. The number of aromatic nitrogens is 3. The second-order valence-electron chi connectivity index (χ2n) is 5.48. The van der Waals surface area contributed by atoms with E-state index in [0.717, 1.165) is 25.7 Å². The number of carbonyl (C=O) groups excluding carboxylic acids is 2. The predicted molar refractivity (Wildman–Crippen MR) is 72.6 cm³/mol. The lowest BCUT2D eigenvalue weighted by Crippen LogP contribution is -2.38. The van der Waals surface area contributed by atoms with E-state index >= 15 is 0 Å². The lowest BCUT2D eigenvalue weighted by atomic mass is 10.3. The molecule has 2 heterocycles. The zero-order valence-corrected chi connectivity index (χ0v) is 12.0. The fourth-order valence-electron chi connectivity index (χ4n) is 2.73. The van der Waals surface area contributed by atoms with E-state index in [4.69, 9.17) is 4.74 Å². The molecule has 8 heteroatoms. The Hall–Kier alpha value is -2.12. The largest absolute Gasteiger partial charge is 0.446 e. The molecule has 0 unspecified atom stereocenters. The first kappa shape index (κ1) is 13.8. The third-order valence-electron chi connectivity index (χ3n) is 3.99. The SMILES string of the molecule is CN1CCn2c(CNC(=O)OC3CCCC3)nnc2C1=O. The van der Waals surface area contributed by atoms with Crippen LogP contribution in [0.25, 0.3) is 0 Å². The van der Waals surface area contributed by atoms with Crippen molar-refractivity contribution in [1.29, 1.82) is 0 Å². The topological polar surface area (TPSA) is 89.3 Å². The van der Waals surface area contributed by atoms with Gasteiger partial charge in [-0.05, 0) is 25.7 Å². The summed E-state index contributed by atoms with van der Waals surface area (Å²) in [5.74, 6) is 0.757. The molecule has 0 spiro atoms. The Morgan fingerprint density at radius 3 is 2.86 bits per heavy atom. The van der Waals surface area contributed by atoms with Gasteiger partial charge in [-0.1, -0.05) is 0 Å². The Kier molecular flexibility index (Phi) is 3.76. The normalized spacial score (nSPS) is 18.7. The van der Waals surface area contributed by atoms with Crippen molar-refractivity contribution in [3.63, 3.8) is 0 Å². The molecule has 2 amide bonds. The molecule has 1 N–H and O–H groups in total. The number of hydrogen-bond acceptors (Lipinski definition) is 5. The van der Waals surface area contributed by atoms with Gasteiger partial charge in [-0.15, -0.1) is 10.2 Å². The van der Waals surface area contributed by atoms with E-state index in [9.17, 15) is 9.59 Å². The van der Waals surface area contributed by atoms with E-state index in [1.165, 1.54) is 0 Å². The molecule has 0 bridgehead atoms. The average molecular weight is 293 g/mol. The summed E-state index contributed by atoms with van der Waals surface area (Å²) in [6, 6.07) is 0. The van der Waals surface area contributed by atoms with Gasteiger partial charge in [0, 0.05) is 20.1 Å². The molecule has 0 atom stereocenters. The van der Waals surface area contributed by atoms with E-state index in [2.05, 4.69) is 15.5 Å². The standard InChI is InChI=1S/C13H19N5O3/c1-17-6-7-18-10(15-16-11(18)12(17)19)8-14-13(20)21-9-4-2-3-5-9/h9H,2-8H2,1H3,(H,14,20). The summed E-state index contributed by atoms with van der Waals surface area (Å²) in [5.41, 5.74) is 0. The molecule has 1 saturated carbocycles. The molecule has 1 fully saturated rings. The quantitative estimate of drug-likeness (QED) is 0.878. The maximum absolute atomic E-state index is 11.9. The van der Waals surface area contributed by atoms with Gasteiger partial charge in [-0.3, -0.25) is 4.79 Å². The molecular formula is C13H19N5O3. The Morgan fingerprint density at radius 2 is 2.10 bits per heavy atom. The van der Waals surface area contributed by atoms with Gasteiger partial charge in [-0.2, -0.15) is 0 Å². The summed E-state index contributed by atoms with van der Waals surface area (Å²) in [5, 5.41) is 10.6. The van der Waals surface area contributed by atoms with Crippen molar-refractivity contribution < 1.29 is 14.3 Å². The first-order valence-corrected chi connectivity index (χ1v) is 7.27. The van der Waals surface area contributed by atoms with Crippen LogP contribution in [0.5, 0.6) is 0 Å². The molecule has 1 aromatic heterocycles. The molecule has 1 aliphatic carbocycles. The third kappa shape index (κ3) is 2.84. The molecule has 0 saturated heterocycles. The van der Waals surface area contributed by atoms with E-state index < -0.39 is 6.09 Å². The van der Waals surface area contributed by atoms with E-state index in [-0.39, 0.29) is 18.6 Å². The maximum Gasteiger partial charge on any atom is 0.407 e. The fourth-order valence-corrected chi connectivity index (χ4v) is 2.73. The zero-order valence-electron chi connectivity index (χ0n) is 12.0. The molecule has 3 rings (SSSR count). The van der Waals surface area contributed by atoms with Crippen LogP contribution in [0.2, 0.25) is 0 Å². The number of likely N-dealkylation sites (N-methyl/N-ethyl adjacent to an activating group) is 1. The average Bonchev–Trinajstić information content (AvgIpc) is 3.10. The van der Waals surface area contributed by atoms with Crippen molar-refractivity contribution in [2.45, 2.75) is 44.9 Å². The van der Waals surface area contributed by atoms with Crippen molar-refractivity contribution in [3.05, 3.63) is 11.6 Å². The summed E-state index contributed by atoms with van der Waals surface area (Å²) >= 11 is 0. The summed E-state index contributed by atoms with van der Waals surface area (Å²) in [7, 11) is 1.73. The number of alkyl carbamates (subject to hydrolysis) is 1. The van der Waals surface area contributed by atoms with Gasteiger partial charge in [0.2, 0.25) is 5.82 Å². The Morgan fingerprint density at radius 1 is 1.33 bits per heavy atom. The van der Waals surface area contributed by atoms with Crippen LogP contribution in [0.15, 0.2) is 0 Å². The van der Waals surface area contributed by atoms with Crippen LogP contribution in [-0.4, -0.2) is 51.4 Å². The minimum atomic E-state index is -0.432. The highest BCUT2D eigenvalue weighted by atomic mass is 16.6. The third-order valence-corrected chi connectivity index (χ3v) is 3.99. The van der Waals surface area contributed by atoms with Crippen molar-refractivity contribution in [2.75, 3.05) is 13.6 Å². The second kappa shape index (κ2) is 5.71. The molecule has 0 aromatic carbocycles. The number of ether oxygens (including phenoxy) is 1. The molecule has 0 radical (unpaired) electrons. The van der Waals surface area contributed by atoms with E-state index in [1.807, 2.05) is 0 Å². The van der Waals surface area contributed by atoms with Crippen LogP contribution in [0.4, 0.5) is 4.79 Å². The van der Waals surface area contributed by atoms with Crippen LogP contribution in [0, 0.1) is 0 Å². The Labute approximate surface area is 122 Å². The second-order valence-corrected chi connectivity index (χ2v) is 5.48. The van der Waals surface area contributed by atoms with Crippen molar-refractivity contribution >= 4 is 12.0 Å². The lowest BCUT2D eigenvalue weighted by Gasteiger charge is -2.23. The van der Waals surface area contributed by atoms with Crippen LogP contribution in [-0.2, 0) is 17.8 Å². The molecule has 1 aromatic rings. The number of nitrogens with zero attached hydrogens (tertiary/aromatic N) is 4. The molecule has 1 aliphatic heterocycles. The number of carbonyl (C=O) groups is 2. The van der Waals surface area contributed by atoms with Gasteiger partial charge in [0.1, 0.15) is 6.10 Å². The first-order chi connectivity index (χ1) is 10.1. The smallest absolute Gasteiger partial charge is 0.407 e.